The summed E-state index contributed by atoms with van der Waals surface area (Å²) in [7, 11) is 0. The summed E-state index contributed by atoms with van der Waals surface area (Å²) in [6, 6.07) is 10.5. The number of nitrogens with zero attached hydrogens (tertiary/aromatic N) is 1. The first-order valence-corrected chi connectivity index (χ1v) is 12.6. The summed E-state index contributed by atoms with van der Waals surface area (Å²) in [5.74, 6) is 0. The average Bonchev–Trinajstić information content (AvgIpc) is 2.64. The second-order valence-corrected chi connectivity index (χ2v) is 11.8. The number of hydrogen-bond donors (Lipinski definition) is 2. The van der Waals surface area contributed by atoms with Gasteiger partial charge in [-0.15, -0.1) is 12.6 Å². The van der Waals surface area contributed by atoms with Gasteiger partial charge in [0.25, 0.3) is 0 Å². The van der Waals surface area contributed by atoms with E-state index in [2.05, 4.69) is 62.7 Å². The number of rotatable bonds is 9. The Morgan fingerprint density at radius 3 is 2.37 bits per heavy atom. The quantitative estimate of drug-likeness (QED) is 0.178. The number of nitrogens with one attached hydrogen (secondary N) is 1. The van der Waals surface area contributed by atoms with Gasteiger partial charge in [0.15, 0.2) is 0 Å². The molecular formula is C24H36N2S4. The van der Waals surface area contributed by atoms with Gasteiger partial charge in [-0.2, -0.15) is 0 Å². The van der Waals surface area contributed by atoms with Crippen LogP contribution >= 0.6 is 49.3 Å². The molecule has 0 saturated heterocycles. The Morgan fingerprint density at radius 1 is 1.10 bits per heavy atom. The van der Waals surface area contributed by atoms with Crippen molar-refractivity contribution in [1.29, 1.82) is 0 Å². The monoisotopic (exact) mass is 480 g/mol. The third-order valence-electron chi connectivity index (χ3n) is 5.89. The molecule has 30 heavy (non-hydrogen) atoms. The lowest BCUT2D eigenvalue weighted by molar-refractivity contribution is 0.0593. The minimum atomic E-state index is 0.126. The van der Waals surface area contributed by atoms with Gasteiger partial charge in [-0.3, -0.25) is 0 Å². The molecule has 0 radical (unpaired) electrons. The number of unbranched alkanes of at least 4 members (excludes halogenated alkanes) is 2. The lowest BCUT2D eigenvalue weighted by atomic mass is 9.62. The largest absolute Gasteiger partial charge is 0.368 e. The molecule has 0 spiro atoms. The molecule has 0 bridgehead atoms. The molecule has 1 aliphatic rings. The Labute approximate surface area is 205 Å². The van der Waals surface area contributed by atoms with Crippen LogP contribution in [0.4, 0.5) is 0 Å². The van der Waals surface area contributed by atoms with Gasteiger partial charge < -0.3 is 10.2 Å². The predicted molar refractivity (Wildman–Crippen MR) is 146 cm³/mol. The Hall–Kier alpha value is -0.560. The third-order valence-corrected chi connectivity index (χ3v) is 7.16. The smallest absolute Gasteiger partial charge is 0.130 e. The average molecular weight is 481 g/mol. The highest BCUT2D eigenvalue weighted by atomic mass is 32.1. The van der Waals surface area contributed by atoms with E-state index in [9.17, 15) is 0 Å². The molecule has 0 heterocycles. The summed E-state index contributed by atoms with van der Waals surface area (Å²) in [5, 5.41) is 3.41. The van der Waals surface area contributed by atoms with Crippen molar-refractivity contribution in [3.05, 3.63) is 35.9 Å². The summed E-state index contributed by atoms with van der Waals surface area (Å²) < 4.78 is 0.584. The van der Waals surface area contributed by atoms with Crippen LogP contribution in [0, 0.1) is 10.8 Å². The molecular weight excluding hydrogens is 445 g/mol. The zero-order valence-electron chi connectivity index (χ0n) is 18.7. The van der Waals surface area contributed by atoms with Crippen LogP contribution in [0.15, 0.2) is 30.3 Å². The summed E-state index contributed by atoms with van der Waals surface area (Å²) in [6.07, 6.45) is 6.85. The van der Waals surface area contributed by atoms with Crippen LogP contribution in [0.1, 0.15) is 71.8 Å². The van der Waals surface area contributed by atoms with E-state index < -0.39 is 0 Å². The van der Waals surface area contributed by atoms with Crippen LogP contribution in [-0.2, 0) is 0 Å². The highest BCUT2D eigenvalue weighted by Gasteiger charge is 2.42. The normalized spacial score (nSPS) is 22.9. The van der Waals surface area contributed by atoms with Gasteiger partial charge in [-0.1, -0.05) is 108 Å². The zero-order valence-corrected chi connectivity index (χ0v) is 22.1. The molecule has 1 aliphatic carbocycles. The van der Waals surface area contributed by atoms with Crippen LogP contribution in [-0.4, -0.2) is 38.2 Å². The van der Waals surface area contributed by atoms with Crippen molar-refractivity contribution in [3.8, 4) is 0 Å². The second-order valence-electron chi connectivity index (χ2n) is 9.84. The Balaban J connectivity index is 2.22. The van der Waals surface area contributed by atoms with Gasteiger partial charge in [0.2, 0.25) is 0 Å². The summed E-state index contributed by atoms with van der Waals surface area (Å²) >= 11 is 21.3. The van der Waals surface area contributed by atoms with Crippen LogP contribution in [0.2, 0.25) is 0 Å². The molecule has 6 heteroatoms. The van der Waals surface area contributed by atoms with Gasteiger partial charge in [-0.25, -0.2) is 0 Å². The number of thiocarbonyl (C=S) groups is 3. The highest BCUT2D eigenvalue weighted by Crippen LogP contribution is 2.46. The lowest BCUT2D eigenvalue weighted by Gasteiger charge is -2.49. The van der Waals surface area contributed by atoms with Gasteiger partial charge in [0.05, 0.1) is 4.86 Å². The van der Waals surface area contributed by atoms with E-state index >= 15 is 0 Å². The Morgan fingerprint density at radius 2 is 1.77 bits per heavy atom. The molecule has 0 amide bonds. The second kappa shape index (κ2) is 11.3. The maximum atomic E-state index is 5.94. The molecule has 1 N–H and O–H groups in total. The first-order chi connectivity index (χ1) is 14.1. The van der Waals surface area contributed by atoms with Gasteiger partial charge in [-0.05, 0) is 42.1 Å². The van der Waals surface area contributed by atoms with E-state index in [1.54, 1.807) is 0 Å². The molecule has 1 saturated carbocycles. The van der Waals surface area contributed by atoms with Gasteiger partial charge in [0, 0.05) is 19.1 Å². The number of hydrogen-bond acceptors (Lipinski definition) is 3. The molecule has 166 valence electrons. The van der Waals surface area contributed by atoms with Crippen molar-refractivity contribution >= 4 is 63.5 Å². The fourth-order valence-corrected chi connectivity index (χ4v) is 6.04. The van der Waals surface area contributed by atoms with Crippen molar-refractivity contribution in [2.75, 3.05) is 13.1 Å². The summed E-state index contributed by atoms with van der Waals surface area (Å²) in [5.41, 5.74) is 1.40. The van der Waals surface area contributed by atoms with E-state index in [1.165, 1.54) is 12.8 Å². The van der Waals surface area contributed by atoms with Gasteiger partial charge in [0.1, 0.15) is 9.31 Å². The molecule has 2 rings (SSSR count). The minimum absolute atomic E-state index is 0.126. The lowest BCUT2D eigenvalue weighted by Crippen LogP contribution is -2.51. The Kier molecular flexibility index (Phi) is 9.72. The molecule has 1 fully saturated rings. The van der Waals surface area contributed by atoms with Crippen LogP contribution in [0.5, 0.6) is 0 Å². The zero-order chi connectivity index (χ0) is 22.4. The maximum absolute atomic E-state index is 5.94. The maximum Gasteiger partial charge on any atom is 0.130 e. The standard InChI is InChI=1S/C24H36N2S4/c1-5-6-10-13-26(21(28)20(27)18-11-8-7-9-12-18)17-24(4)15-19(25-22(29)30)14-23(2,3)16-24/h7-9,11-12,19H,5-6,10,13-17H2,1-4H3,(H2,25,29,30). The van der Waals surface area contributed by atoms with E-state index in [0.717, 1.165) is 54.2 Å². The molecule has 2 atom stereocenters. The van der Waals surface area contributed by atoms with Crippen molar-refractivity contribution in [3.63, 3.8) is 0 Å². The third kappa shape index (κ3) is 7.85. The molecule has 0 aromatic heterocycles. The van der Waals surface area contributed by atoms with Crippen molar-refractivity contribution in [1.82, 2.24) is 10.2 Å². The highest BCUT2D eigenvalue weighted by molar-refractivity contribution is 8.11. The number of benzene rings is 1. The van der Waals surface area contributed by atoms with Crippen molar-refractivity contribution in [2.45, 2.75) is 72.3 Å². The molecule has 0 aliphatic heterocycles. The first kappa shape index (κ1) is 25.7. The van der Waals surface area contributed by atoms with Crippen LogP contribution in [0.25, 0.3) is 0 Å². The SMILES string of the molecule is CCCCCN(CC1(C)CC(NC(=S)S)CC(C)(C)C1)C(=S)C(=S)c1ccccc1. The molecule has 2 unspecified atom stereocenters. The van der Waals surface area contributed by atoms with E-state index in [4.69, 9.17) is 36.7 Å². The molecule has 1 aromatic rings. The minimum Gasteiger partial charge on any atom is -0.368 e. The molecule has 2 nitrogen and oxygen atoms in total. The van der Waals surface area contributed by atoms with Gasteiger partial charge >= 0.3 is 0 Å². The van der Waals surface area contributed by atoms with E-state index in [0.29, 0.717) is 10.4 Å². The Bertz CT molecular complexity index is 747. The van der Waals surface area contributed by atoms with Crippen molar-refractivity contribution in [2.24, 2.45) is 10.8 Å². The summed E-state index contributed by atoms with van der Waals surface area (Å²) in [4.78, 5) is 3.97. The van der Waals surface area contributed by atoms with Crippen LogP contribution in [0.3, 0.4) is 0 Å². The fraction of sp³-hybridized carbons (Fsp3) is 0.625. The number of thiol groups is 1. The topological polar surface area (TPSA) is 15.3 Å². The van der Waals surface area contributed by atoms with Crippen molar-refractivity contribution < 1.29 is 0 Å². The van der Waals surface area contributed by atoms with E-state index in [1.807, 2.05) is 18.2 Å². The van der Waals surface area contributed by atoms with Crippen LogP contribution < -0.4 is 5.32 Å². The predicted octanol–water partition coefficient (Wildman–Crippen LogP) is 6.61. The fourth-order valence-electron chi connectivity index (χ4n) is 5.15. The summed E-state index contributed by atoms with van der Waals surface area (Å²) in [6.45, 7) is 11.2. The first-order valence-electron chi connectivity index (χ1n) is 10.9. The van der Waals surface area contributed by atoms with E-state index in [-0.39, 0.29) is 10.8 Å². The molecule has 1 aromatic carbocycles.